The van der Waals surface area contributed by atoms with E-state index >= 15 is 0 Å². The molecular formula is C27H26FNO5P+. The molecule has 3 rings (SSSR count). The van der Waals surface area contributed by atoms with Gasteiger partial charge in [-0.05, 0) is 46.7 Å². The molecule has 0 saturated heterocycles. The normalized spacial score (nSPS) is 14.7. The van der Waals surface area contributed by atoms with Crippen molar-refractivity contribution in [1.29, 1.82) is 0 Å². The summed E-state index contributed by atoms with van der Waals surface area (Å²) < 4.78 is 31.9. The predicted molar refractivity (Wildman–Crippen MR) is 131 cm³/mol. The number of carboxylic acid groups (broad SMARTS) is 1. The Morgan fingerprint density at radius 2 is 1.77 bits per heavy atom. The Hall–Kier alpha value is -3.43. The SMILES string of the molecule is CCC#CC(C(=O)O)([P+](=O)OC)C(O)(Cc1ccc(F)cc1)c1ccc(C)c(-c2ccccc2)n1. The van der Waals surface area contributed by atoms with Crippen molar-refractivity contribution < 1.29 is 28.5 Å². The summed E-state index contributed by atoms with van der Waals surface area (Å²) in [5, 5.41) is 20.1. The van der Waals surface area contributed by atoms with E-state index in [0.29, 0.717) is 11.3 Å². The zero-order valence-corrected chi connectivity index (χ0v) is 20.6. The molecule has 8 heteroatoms. The number of aryl methyl sites for hydroxylation is 1. The maximum absolute atomic E-state index is 13.6. The second kappa shape index (κ2) is 10.9. The predicted octanol–water partition coefficient (Wildman–Crippen LogP) is 5.25. The molecule has 35 heavy (non-hydrogen) atoms. The lowest BCUT2D eigenvalue weighted by Crippen LogP contribution is -2.56. The van der Waals surface area contributed by atoms with Gasteiger partial charge in [-0.3, -0.25) is 0 Å². The fourth-order valence-corrected chi connectivity index (χ4v) is 5.01. The number of aliphatic hydroxyl groups is 1. The van der Waals surface area contributed by atoms with E-state index in [0.717, 1.165) is 18.2 Å². The summed E-state index contributed by atoms with van der Waals surface area (Å²) in [4.78, 5) is 17.5. The van der Waals surface area contributed by atoms with Crippen LogP contribution in [0.15, 0.2) is 66.7 Å². The van der Waals surface area contributed by atoms with Gasteiger partial charge in [0.1, 0.15) is 5.82 Å². The first-order chi connectivity index (χ1) is 16.7. The first kappa shape index (κ1) is 26.2. The first-order valence-corrected chi connectivity index (χ1v) is 12.1. The molecule has 3 atom stereocenters. The first-order valence-electron chi connectivity index (χ1n) is 10.9. The average molecular weight is 494 g/mol. The van der Waals surface area contributed by atoms with Crippen LogP contribution in [0.25, 0.3) is 11.3 Å². The zero-order chi connectivity index (χ0) is 25.6. The van der Waals surface area contributed by atoms with Crippen LogP contribution in [0.3, 0.4) is 0 Å². The maximum atomic E-state index is 13.6. The zero-order valence-electron chi connectivity index (χ0n) is 19.7. The molecule has 0 aliphatic carbocycles. The monoisotopic (exact) mass is 494 g/mol. The fourth-order valence-electron chi connectivity index (χ4n) is 3.91. The number of carbonyl (C=O) groups is 1. The van der Waals surface area contributed by atoms with Gasteiger partial charge in [0.15, 0.2) is 5.60 Å². The lowest BCUT2D eigenvalue weighted by atomic mass is 9.78. The molecule has 180 valence electrons. The largest absolute Gasteiger partial charge is 0.543 e. The van der Waals surface area contributed by atoms with E-state index in [9.17, 15) is 24.0 Å². The molecule has 0 bridgehead atoms. The van der Waals surface area contributed by atoms with E-state index in [4.69, 9.17) is 4.52 Å². The van der Waals surface area contributed by atoms with Gasteiger partial charge >= 0.3 is 19.2 Å². The Labute approximate surface area is 204 Å². The summed E-state index contributed by atoms with van der Waals surface area (Å²) in [6.45, 7) is 3.55. The van der Waals surface area contributed by atoms with E-state index in [2.05, 4.69) is 16.8 Å². The molecule has 0 fully saturated rings. The molecule has 0 aliphatic heterocycles. The van der Waals surface area contributed by atoms with Gasteiger partial charge in [-0.2, -0.15) is 0 Å². The number of hydrogen-bond acceptors (Lipinski definition) is 5. The summed E-state index contributed by atoms with van der Waals surface area (Å²) >= 11 is 0. The molecule has 0 saturated carbocycles. The molecule has 0 spiro atoms. The number of carboxylic acids is 1. The van der Waals surface area contributed by atoms with E-state index in [1.807, 2.05) is 37.3 Å². The standard InChI is InChI=1S/C27H25FNO5P/c1-4-5-17-27(25(30)31,35(33)34-3)26(32,18-20-12-14-22(28)15-13-20)23-16-11-19(2)24(29-23)21-9-7-6-8-10-21/h6-16,32H,4,18H2,1-3H3/p+1. The highest BCUT2D eigenvalue weighted by atomic mass is 31.1. The third-order valence-corrected chi connectivity index (χ3v) is 7.29. The van der Waals surface area contributed by atoms with Crippen LogP contribution in [0.2, 0.25) is 0 Å². The van der Waals surface area contributed by atoms with Crippen molar-refractivity contribution in [2.45, 2.75) is 37.4 Å². The lowest BCUT2D eigenvalue weighted by molar-refractivity contribution is -0.146. The number of halogens is 1. The lowest BCUT2D eigenvalue weighted by Gasteiger charge is -2.33. The van der Waals surface area contributed by atoms with Gasteiger partial charge in [-0.25, -0.2) is 14.2 Å². The number of pyridine rings is 1. The van der Waals surface area contributed by atoms with Gasteiger partial charge in [-0.15, -0.1) is 4.52 Å². The molecule has 1 heterocycles. The third kappa shape index (κ3) is 5.01. The molecular weight excluding hydrogens is 468 g/mol. The molecule has 6 nitrogen and oxygen atoms in total. The van der Waals surface area contributed by atoms with Crippen molar-refractivity contribution >= 4 is 14.0 Å². The van der Waals surface area contributed by atoms with Gasteiger partial charge in [-0.1, -0.05) is 61.4 Å². The maximum Gasteiger partial charge on any atom is 0.543 e. The van der Waals surface area contributed by atoms with E-state index in [-0.39, 0.29) is 18.5 Å². The number of aromatic nitrogens is 1. The van der Waals surface area contributed by atoms with Crippen LogP contribution >= 0.6 is 8.03 Å². The number of benzene rings is 2. The van der Waals surface area contributed by atoms with Crippen LogP contribution in [0.1, 0.15) is 30.2 Å². The van der Waals surface area contributed by atoms with Gasteiger partial charge in [0.2, 0.25) is 0 Å². The third-order valence-electron chi connectivity index (χ3n) is 5.73. The molecule has 0 radical (unpaired) electrons. The van der Waals surface area contributed by atoms with E-state index in [1.54, 1.807) is 13.0 Å². The molecule has 3 unspecified atom stereocenters. The highest BCUT2D eigenvalue weighted by Crippen LogP contribution is 2.53. The molecule has 2 N–H and O–H groups in total. The summed E-state index contributed by atoms with van der Waals surface area (Å²) in [7, 11) is -1.95. The van der Waals surface area contributed by atoms with Crippen molar-refractivity contribution in [3.8, 4) is 23.1 Å². The summed E-state index contributed by atoms with van der Waals surface area (Å²) in [5.41, 5.74) is 0.0319. The fraction of sp³-hybridized carbons (Fsp3) is 0.259. The van der Waals surface area contributed by atoms with Crippen LogP contribution in [-0.2, 0) is 25.9 Å². The highest BCUT2D eigenvalue weighted by Gasteiger charge is 2.72. The minimum absolute atomic E-state index is 0.0421. The number of aliphatic carboxylic acids is 1. The van der Waals surface area contributed by atoms with Gasteiger partial charge in [0.25, 0.3) is 0 Å². The second-order valence-corrected chi connectivity index (χ2v) is 9.55. The van der Waals surface area contributed by atoms with Crippen LogP contribution < -0.4 is 0 Å². The Balaban J connectivity index is 2.37. The summed E-state index contributed by atoms with van der Waals surface area (Å²) in [5.74, 6) is 3.12. The van der Waals surface area contributed by atoms with Gasteiger partial charge in [0.05, 0.1) is 18.5 Å². The minimum atomic E-state index is -3.05. The Morgan fingerprint density at radius 1 is 1.11 bits per heavy atom. The van der Waals surface area contributed by atoms with E-state index < -0.39 is 30.6 Å². The Bertz CT molecular complexity index is 1290. The van der Waals surface area contributed by atoms with E-state index in [1.165, 1.54) is 30.3 Å². The van der Waals surface area contributed by atoms with Crippen molar-refractivity contribution in [2.75, 3.05) is 7.11 Å². The van der Waals surface area contributed by atoms with Crippen LogP contribution in [0, 0.1) is 24.6 Å². The number of rotatable bonds is 8. The van der Waals surface area contributed by atoms with Gasteiger partial charge in [0, 0.05) is 18.4 Å². The number of nitrogens with zero attached hydrogens (tertiary/aromatic N) is 1. The summed E-state index contributed by atoms with van der Waals surface area (Å²) in [6, 6.07) is 17.7. The second-order valence-electron chi connectivity index (χ2n) is 8.00. The quantitative estimate of drug-likeness (QED) is 0.328. The van der Waals surface area contributed by atoms with Crippen LogP contribution in [-0.4, -0.2) is 33.4 Å². The molecule has 0 amide bonds. The van der Waals surface area contributed by atoms with Crippen molar-refractivity contribution in [3.63, 3.8) is 0 Å². The Morgan fingerprint density at radius 3 is 2.34 bits per heavy atom. The highest BCUT2D eigenvalue weighted by molar-refractivity contribution is 7.43. The van der Waals surface area contributed by atoms with Gasteiger partial charge < -0.3 is 10.2 Å². The van der Waals surface area contributed by atoms with Crippen molar-refractivity contribution in [2.24, 2.45) is 0 Å². The van der Waals surface area contributed by atoms with Crippen molar-refractivity contribution in [1.82, 2.24) is 4.98 Å². The molecule has 0 aliphatic rings. The molecule has 2 aromatic carbocycles. The van der Waals surface area contributed by atoms with Crippen LogP contribution in [0.4, 0.5) is 4.39 Å². The van der Waals surface area contributed by atoms with Crippen molar-refractivity contribution in [3.05, 3.63) is 89.4 Å². The topological polar surface area (TPSA) is 96.7 Å². The molecule has 3 aromatic rings. The minimum Gasteiger partial charge on any atom is -0.477 e. The molecule has 1 aromatic heterocycles. The summed E-state index contributed by atoms with van der Waals surface area (Å²) in [6.07, 6.45) is -0.0994. The Kier molecular flexibility index (Phi) is 8.14. The average Bonchev–Trinajstić information content (AvgIpc) is 2.86. The van der Waals surface area contributed by atoms with Crippen LogP contribution in [0.5, 0.6) is 0 Å². The smallest absolute Gasteiger partial charge is 0.477 e. The number of hydrogen-bond donors (Lipinski definition) is 2.